The van der Waals surface area contributed by atoms with Crippen LogP contribution in [-0.2, 0) is 24.2 Å². The van der Waals surface area contributed by atoms with Crippen molar-refractivity contribution >= 4 is 51.0 Å². The zero-order valence-electron chi connectivity index (χ0n) is 19.4. The topological polar surface area (TPSA) is 103 Å². The first-order chi connectivity index (χ1) is 17.0. The Labute approximate surface area is 210 Å². The number of benzene rings is 1. The summed E-state index contributed by atoms with van der Waals surface area (Å²) in [5.74, 6) is 0.524. The van der Waals surface area contributed by atoms with Gasteiger partial charge in [0.25, 0.3) is 0 Å². The number of H-pyrrole nitrogens is 1. The van der Waals surface area contributed by atoms with Gasteiger partial charge >= 0.3 is 0 Å². The molecule has 11 heteroatoms. The number of aromatic amines is 1. The minimum absolute atomic E-state index is 0.411. The third kappa shape index (κ3) is 4.57. The lowest BCUT2D eigenvalue weighted by Crippen LogP contribution is -2.44. The van der Waals surface area contributed by atoms with Crippen molar-refractivity contribution in [2.45, 2.75) is 13.0 Å². The molecule has 35 heavy (non-hydrogen) atoms. The van der Waals surface area contributed by atoms with Gasteiger partial charge < -0.3 is 24.7 Å². The summed E-state index contributed by atoms with van der Waals surface area (Å²) in [6.45, 7) is 5.15. The van der Waals surface area contributed by atoms with Crippen molar-refractivity contribution in [2.75, 3.05) is 50.0 Å². The number of hydrogen-bond acceptors (Lipinski definition) is 8. The Morgan fingerprint density at radius 3 is 2.66 bits per heavy atom. The van der Waals surface area contributed by atoms with Gasteiger partial charge in [0.15, 0.2) is 0 Å². The molecule has 0 amide bonds. The fourth-order valence-corrected chi connectivity index (χ4v) is 6.34. The standard InChI is InChI=1S/C24H27N7O2S2/c1-29-10-12-30(13-11-29)18-4-2-17(3-5-18)26-24-27-22(19-6-8-25-23(19)28-24)21-14-16-15-31(35(32)33)9-7-20(16)34-21/h2-6,8,14H,7,9-13,15H2,1H3,(H,32,33)(H2,25,26,27,28)/p-1. The second kappa shape index (κ2) is 9.32. The van der Waals surface area contributed by atoms with E-state index in [0.717, 1.165) is 65.5 Å². The lowest BCUT2D eigenvalue weighted by molar-refractivity contribution is 0.313. The first kappa shape index (κ1) is 22.6. The molecule has 1 saturated heterocycles. The van der Waals surface area contributed by atoms with Gasteiger partial charge in [-0.05, 0) is 55.4 Å². The van der Waals surface area contributed by atoms with Crippen LogP contribution in [0.2, 0.25) is 0 Å². The summed E-state index contributed by atoms with van der Waals surface area (Å²) in [5, 5.41) is 4.31. The Kier molecular flexibility index (Phi) is 6.02. The maximum absolute atomic E-state index is 11.4. The van der Waals surface area contributed by atoms with Gasteiger partial charge in [0.1, 0.15) is 5.65 Å². The SMILES string of the molecule is CN1CCN(c2ccc(Nc3nc(-c4cc5c(s4)CCN(S(=O)[O-])C5)c4cc[nH]c4n3)cc2)CC1. The normalized spacial score (nSPS) is 18.1. The minimum Gasteiger partial charge on any atom is -0.760 e. The van der Waals surface area contributed by atoms with Gasteiger partial charge in [-0.3, -0.25) is 4.21 Å². The molecule has 3 aromatic heterocycles. The molecule has 9 nitrogen and oxygen atoms in total. The van der Waals surface area contributed by atoms with Crippen LogP contribution in [0.1, 0.15) is 10.4 Å². The van der Waals surface area contributed by atoms with Crippen LogP contribution in [0.3, 0.4) is 0 Å². The maximum Gasteiger partial charge on any atom is 0.229 e. The van der Waals surface area contributed by atoms with Gasteiger partial charge in [0.05, 0.1) is 10.6 Å². The van der Waals surface area contributed by atoms with E-state index in [2.05, 4.69) is 62.5 Å². The smallest absolute Gasteiger partial charge is 0.229 e. The molecular formula is C24H26N7O2S2-. The summed E-state index contributed by atoms with van der Waals surface area (Å²) in [7, 11) is 2.16. The molecule has 0 aliphatic carbocycles. The third-order valence-corrected chi connectivity index (χ3v) is 8.66. The molecule has 4 aromatic rings. The highest BCUT2D eigenvalue weighted by atomic mass is 32.2. The van der Waals surface area contributed by atoms with Crippen LogP contribution in [-0.4, -0.2) is 72.7 Å². The number of nitrogens with one attached hydrogen (secondary N) is 2. The first-order valence-corrected chi connectivity index (χ1v) is 13.5. The number of aromatic nitrogens is 3. The number of fused-ring (bicyclic) bond motifs is 2. The van der Waals surface area contributed by atoms with Crippen LogP contribution < -0.4 is 10.2 Å². The molecule has 0 saturated carbocycles. The summed E-state index contributed by atoms with van der Waals surface area (Å²) >= 11 is -0.515. The second-order valence-corrected chi connectivity index (χ2v) is 11.1. The summed E-state index contributed by atoms with van der Waals surface area (Å²) in [4.78, 5) is 19.8. The summed E-state index contributed by atoms with van der Waals surface area (Å²) in [6, 6.07) is 12.5. The van der Waals surface area contributed by atoms with Crippen LogP contribution >= 0.6 is 11.3 Å². The number of anilines is 3. The highest BCUT2D eigenvalue weighted by Gasteiger charge is 2.22. The fraction of sp³-hybridized carbons (Fsp3) is 0.333. The average molecular weight is 509 g/mol. The molecule has 2 N–H and O–H groups in total. The lowest BCUT2D eigenvalue weighted by atomic mass is 10.1. The zero-order valence-corrected chi connectivity index (χ0v) is 21.0. The van der Waals surface area contributed by atoms with Gasteiger partial charge in [-0.2, -0.15) is 4.98 Å². The number of nitrogens with zero attached hydrogens (tertiary/aromatic N) is 5. The van der Waals surface area contributed by atoms with Crippen molar-refractivity contribution in [3.8, 4) is 10.6 Å². The van der Waals surface area contributed by atoms with E-state index in [1.807, 2.05) is 12.3 Å². The van der Waals surface area contributed by atoms with E-state index in [4.69, 9.17) is 4.98 Å². The van der Waals surface area contributed by atoms with E-state index in [-0.39, 0.29) is 0 Å². The molecule has 0 radical (unpaired) electrons. The fourth-order valence-electron chi connectivity index (χ4n) is 4.69. The quantitative estimate of drug-likeness (QED) is 0.399. The number of hydrogen-bond donors (Lipinski definition) is 2. The molecule has 1 unspecified atom stereocenters. The van der Waals surface area contributed by atoms with E-state index in [1.54, 1.807) is 11.3 Å². The Hall–Kier alpha value is -2.83. The predicted octanol–water partition coefficient (Wildman–Crippen LogP) is 3.33. The predicted molar refractivity (Wildman–Crippen MR) is 140 cm³/mol. The number of likely N-dealkylation sites (N-methyl/N-ethyl adjacent to an activating group) is 1. The third-order valence-electron chi connectivity index (χ3n) is 6.68. The molecule has 0 bridgehead atoms. The zero-order chi connectivity index (χ0) is 23.9. The molecule has 0 spiro atoms. The van der Waals surface area contributed by atoms with Crippen molar-refractivity contribution < 1.29 is 8.76 Å². The molecular weight excluding hydrogens is 482 g/mol. The van der Waals surface area contributed by atoms with E-state index < -0.39 is 11.3 Å². The maximum atomic E-state index is 11.4. The molecule has 1 fully saturated rings. The van der Waals surface area contributed by atoms with E-state index in [9.17, 15) is 8.76 Å². The van der Waals surface area contributed by atoms with Crippen LogP contribution in [0.15, 0.2) is 42.6 Å². The van der Waals surface area contributed by atoms with Gasteiger partial charge in [-0.1, -0.05) is 0 Å². The monoisotopic (exact) mass is 508 g/mol. The Bertz CT molecular complexity index is 1380. The van der Waals surface area contributed by atoms with E-state index >= 15 is 0 Å². The van der Waals surface area contributed by atoms with Gasteiger partial charge in [-0.25, -0.2) is 9.29 Å². The van der Waals surface area contributed by atoms with Gasteiger partial charge in [0, 0.05) is 78.4 Å². The largest absolute Gasteiger partial charge is 0.760 e. The van der Waals surface area contributed by atoms with E-state index in [1.165, 1.54) is 14.9 Å². The molecule has 1 atom stereocenters. The van der Waals surface area contributed by atoms with Crippen molar-refractivity contribution in [1.82, 2.24) is 24.2 Å². The molecule has 2 aliphatic rings. The number of thiophene rings is 1. The minimum atomic E-state index is -2.20. The molecule has 182 valence electrons. The van der Waals surface area contributed by atoms with E-state index in [0.29, 0.717) is 19.0 Å². The van der Waals surface area contributed by atoms with Gasteiger partial charge in [-0.15, -0.1) is 11.3 Å². The van der Waals surface area contributed by atoms with Crippen LogP contribution in [0, 0.1) is 0 Å². The van der Waals surface area contributed by atoms with Crippen molar-refractivity contribution in [3.05, 3.63) is 53.0 Å². The molecule has 2 aliphatic heterocycles. The summed E-state index contributed by atoms with van der Waals surface area (Å²) in [5.41, 5.74) is 4.82. The number of piperazine rings is 1. The van der Waals surface area contributed by atoms with Crippen LogP contribution in [0.25, 0.3) is 21.6 Å². The highest BCUT2D eigenvalue weighted by molar-refractivity contribution is 7.76. The summed E-state index contributed by atoms with van der Waals surface area (Å²) in [6.07, 6.45) is 2.59. The summed E-state index contributed by atoms with van der Waals surface area (Å²) < 4.78 is 24.3. The molecule has 6 rings (SSSR count). The lowest BCUT2D eigenvalue weighted by Gasteiger charge is -2.34. The van der Waals surface area contributed by atoms with Crippen LogP contribution in [0.4, 0.5) is 17.3 Å². The first-order valence-electron chi connectivity index (χ1n) is 11.7. The highest BCUT2D eigenvalue weighted by Crippen LogP contribution is 2.37. The van der Waals surface area contributed by atoms with Crippen LogP contribution in [0.5, 0.6) is 0 Å². The average Bonchev–Trinajstić information content (AvgIpc) is 3.51. The van der Waals surface area contributed by atoms with Crippen molar-refractivity contribution in [3.63, 3.8) is 0 Å². The Morgan fingerprint density at radius 2 is 1.89 bits per heavy atom. The molecule has 5 heterocycles. The number of rotatable bonds is 5. The van der Waals surface area contributed by atoms with Crippen molar-refractivity contribution in [1.29, 1.82) is 0 Å². The van der Waals surface area contributed by atoms with Gasteiger partial charge in [0.2, 0.25) is 5.95 Å². The Balaban J connectivity index is 1.26. The second-order valence-electron chi connectivity index (χ2n) is 8.99. The Morgan fingerprint density at radius 1 is 1.09 bits per heavy atom. The van der Waals surface area contributed by atoms with Crippen molar-refractivity contribution in [2.24, 2.45) is 0 Å². The molecule has 1 aromatic carbocycles.